The van der Waals surface area contributed by atoms with Crippen LogP contribution < -0.4 is 5.32 Å². The van der Waals surface area contributed by atoms with E-state index in [1.54, 1.807) is 13.0 Å². The number of aromatic nitrogens is 2. The van der Waals surface area contributed by atoms with Gasteiger partial charge in [-0.1, -0.05) is 28.9 Å². The SMILES string of the molecule is Cc1ccc(N=Nc2cc(C)ccc2NC(=O)COCc2nc(C)no2)cc1. The molecule has 0 radical (unpaired) electrons. The quantitative estimate of drug-likeness (QED) is 0.606. The normalized spacial score (nSPS) is 11.1. The summed E-state index contributed by atoms with van der Waals surface area (Å²) in [6.45, 7) is 5.60. The van der Waals surface area contributed by atoms with E-state index in [0.29, 0.717) is 23.1 Å². The van der Waals surface area contributed by atoms with Gasteiger partial charge in [0, 0.05) is 0 Å². The topological polar surface area (TPSA) is 102 Å². The molecule has 0 spiro atoms. The number of carbonyl (C=O) groups excluding carboxylic acids is 1. The van der Waals surface area contributed by atoms with Crippen molar-refractivity contribution in [2.75, 3.05) is 11.9 Å². The van der Waals surface area contributed by atoms with Crippen LogP contribution in [0, 0.1) is 20.8 Å². The third-order valence-corrected chi connectivity index (χ3v) is 3.76. The predicted octanol–water partition coefficient (Wildman–Crippen LogP) is 4.57. The number of hydrogen-bond donors (Lipinski definition) is 1. The van der Waals surface area contributed by atoms with E-state index in [1.807, 2.05) is 50.2 Å². The van der Waals surface area contributed by atoms with E-state index >= 15 is 0 Å². The van der Waals surface area contributed by atoms with Crippen molar-refractivity contribution >= 4 is 23.0 Å². The lowest BCUT2D eigenvalue weighted by atomic mass is 10.2. The second-order valence-corrected chi connectivity index (χ2v) is 6.33. The summed E-state index contributed by atoms with van der Waals surface area (Å²) in [5.74, 6) is 0.534. The number of benzene rings is 2. The predicted molar refractivity (Wildman–Crippen MR) is 104 cm³/mol. The Kier molecular flexibility index (Phi) is 6.23. The van der Waals surface area contributed by atoms with Gasteiger partial charge in [0.25, 0.3) is 5.89 Å². The number of rotatable bonds is 7. The molecule has 28 heavy (non-hydrogen) atoms. The van der Waals surface area contributed by atoms with Crippen molar-refractivity contribution in [2.24, 2.45) is 10.2 Å². The summed E-state index contributed by atoms with van der Waals surface area (Å²) in [4.78, 5) is 16.2. The summed E-state index contributed by atoms with van der Waals surface area (Å²) in [6.07, 6.45) is 0. The van der Waals surface area contributed by atoms with Crippen LogP contribution in [-0.2, 0) is 16.1 Å². The average molecular weight is 379 g/mol. The van der Waals surface area contributed by atoms with Crippen LogP contribution in [0.5, 0.6) is 0 Å². The van der Waals surface area contributed by atoms with E-state index in [4.69, 9.17) is 9.26 Å². The molecule has 1 aromatic heterocycles. The standard InChI is InChI=1S/C20H21N5O3/c1-13-4-7-16(8-5-13)23-24-18-10-14(2)6-9-17(18)22-19(26)11-27-12-20-21-15(3)25-28-20/h4-10H,11-12H2,1-3H3,(H,22,26). The van der Waals surface area contributed by atoms with Crippen LogP contribution in [0.4, 0.5) is 17.1 Å². The second-order valence-electron chi connectivity index (χ2n) is 6.33. The largest absolute Gasteiger partial charge is 0.362 e. The molecular formula is C20H21N5O3. The third-order valence-electron chi connectivity index (χ3n) is 3.76. The molecule has 0 aliphatic carbocycles. The van der Waals surface area contributed by atoms with Gasteiger partial charge in [-0.05, 0) is 50.6 Å². The van der Waals surface area contributed by atoms with E-state index in [2.05, 4.69) is 25.7 Å². The highest BCUT2D eigenvalue weighted by Gasteiger charge is 2.09. The zero-order valence-corrected chi connectivity index (χ0v) is 16.0. The maximum atomic E-state index is 12.2. The maximum absolute atomic E-state index is 12.2. The Labute approximate surface area is 162 Å². The van der Waals surface area contributed by atoms with Gasteiger partial charge in [-0.2, -0.15) is 10.1 Å². The Bertz CT molecular complexity index is 980. The van der Waals surface area contributed by atoms with Crippen molar-refractivity contribution in [2.45, 2.75) is 27.4 Å². The maximum Gasteiger partial charge on any atom is 0.252 e. The Morgan fingerprint density at radius 2 is 1.82 bits per heavy atom. The molecular weight excluding hydrogens is 358 g/mol. The average Bonchev–Trinajstić information content (AvgIpc) is 3.08. The van der Waals surface area contributed by atoms with Gasteiger partial charge >= 0.3 is 0 Å². The second kappa shape index (κ2) is 9.01. The number of anilines is 1. The van der Waals surface area contributed by atoms with Crippen LogP contribution in [0.2, 0.25) is 0 Å². The molecule has 2 aromatic carbocycles. The summed E-state index contributed by atoms with van der Waals surface area (Å²) in [6, 6.07) is 13.3. The summed E-state index contributed by atoms with van der Waals surface area (Å²) < 4.78 is 10.2. The Morgan fingerprint density at radius 3 is 2.54 bits per heavy atom. The van der Waals surface area contributed by atoms with Crippen molar-refractivity contribution in [1.82, 2.24) is 10.1 Å². The van der Waals surface area contributed by atoms with E-state index < -0.39 is 0 Å². The fourth-order valence-corrected chi connectivity index (χ4v) is 2.37. The van der Waals surface area contributed by atoms with E-state index in [-0.39, 0.29) is 19.1 Å². The molecule has 3 rings (SSSR count). The van der Waals surface area contributed by atoms with Crippen LogP contribution in [-0.4, -0.2) is 22.7 Å². The third kappa shape index (κ3) is 5.55. The number of nitrogens with one attached hydrogen (secondary N) is 1. The number of ether oxygens (including phenoxy) is 1. The van der Waals surface area contributed by atoms with Gasteiger partial charge in [0.1, 0.15) is 18.9 Å². The smallest absolute Gasteiger partial charge is 0.252 e. The van der Waals surface area contributed by atoms with Gasteiger partial charge in [0.2, 0.25) is 5.91 Å². The minimum Gasteiger partial charge on any atom is -0.362 e. The number of hydrogen-bond acceptors (Lipinski definition) is 7. The zero-order valence-electron chi connectivity index (χ0n) is 16.0. The van der Waals surface area contributed by atoms with Crippen molar-refractivity contribution in [3.8, 4) is 0 Å². The molecule has 3 aromatic rings. The Hall–Kier alpha value is -3.39. The lowest BCUT2D eigenvalue weighted by Crippen LogP contribution is -2.18. The summed E-state index contributed by atoms with van der Waals surface area (Å²) in [5, 5.41) is 15.0. The Morgan fingerprint density at radius 1 is 1.07 bits per heavy atom. The van der Waals surface area contributed by atoms with Crippen LogP contribution in [0.3, 0.4) is 0 Å². The first kappa shape index (κ1) is 19.4. The molecule has 0 bridgehead atoms. The minimum atomic E-state index is -0.313. The molecule has 0 saturated carbocycles. The van der Waals surface area contributed by atoms with Gasteiger partial charge in [0.15, 0.2) is 5.82 Å². The van der Waals surface area contributed by atoms with E-state index in [9.17, 15) is 4.79 Å². The summed E-state index contributed by atoms with van der Waals surface area (Å²) >= 11 is 0. The highest BCUT2D eigenvalue weighted by atomic mass is 16.5. The molecule has 0 saturated heterocycles. The first-order chi connectivity index (χ1) is 13.5. The fourth-order valence-electron chi connectivity index (χ4n) is 2.37. The van der Waals surface area contributed by atoms with Crippen molar-refractivity contribution in [3.63, 3.8) is 0 Å². The number of carbonyl (C=O) groups is 1. The minimum absolute atomic E-state index is 0.0716. The van der Waals surface area contributed by atoms with Crippen molar-refractivity contribution < 1.29 is 14.1 Å². The molecule has 144 valence electrons. The first-order valence-electron chi connectivity index (χ1n) is 8.75. The van der Waals surface area contributed by atoms with Crippen LogP contribution >= 0.6 is 0 Å². The Balaban J connectivity index is 1.62. The first-order valence-corrected chi connectivity index (χ1v) is 8.75. The molecule has 0 atom stereocenters. The van der Waals surface area contributed by atoms with Gasteiger partial charge in [-0.3, -0.25) is 4.79 Å². The monoisotopic (exact) mass is 379 g/mol. The number of aryl methyl sites for hydroxylation is 3. The summed E-state index contributed by atoms with van der Waals surface area (Å²) in [5.41, 5.74) is 4.03. The lowest BCUT2D eigenvalue weighted by Gasteiger charge is -2.08. The highest BCUT2D eigenvalue weighted by molar-refractivity contribution is 5.94. The molecule has 0 aliphatic heterocycles. The van der Waals surface area contributed by atoms with Crippen molar-refractivity contribution in [1.29, 1.82) is 0 Å². The van der Waals surface area contributed by atoms with E-state index in [1.165, 1.54) is 0 Å². The van der Waals surface area contributed by atoms with E-state index in [0.717, 1.165) is 16.8 Å². The van der Waals surface area contributed by atoms with Gasteiger partial charge in [0.05, 0.1) is 11.4 Å². The van der Waals surface area contributed by atoms with Gasteiger partial charge in [-0.15, -0.1) is 5.11 Å². The molecule has 1 heterocycles. The van der Waals surface area contributed by atoms with Gasteiger partial charge < -0.3 is 14.6 Å². The van der Waals surface area contributed by atoms with Gasteiger partial charge in [-0.25, -0.2) is 0 Å². The molecule has 8 heteroatoms. The number of nitrogens with zero attached hydrogens (tertiary/aromatic N) is 4. The van der Waals surface area contributed by atoms with Crippen LogP contribution in [0.15, 0.2) is 57.2 Å². The van der Waals surface area contributed by atoms with Crippen LogP contribution in [0.1, 0.15) is 22.8 Å². The molecule has 1 N–H and O–H groups in total. The molecule has 8 nitrogen and oxygen atoms in total. The zero-order chi connectivity index (χ0) is 19.9. The molecule has 0 unspecified atom stereocenters. The summed E-state index contributed by atoms with van der Waals surface area (Å²) in [7, 11) is 0. The molecule has 1 amide bonds. The fraction of sp³-hybridized carbons (Fsp3) is 0.250. The number of amides is 1. The molecule has 0 fully saturated rings. The number of azo groups is 1. The van der Waals surface area contributed by atoms with Crippen LogP contribution in [0.25, 0.3) is 0 Å². The lowest BCUT2D eigenvalue weighted by molar-refractivity contribution is -0.121. The van der Waals surface area contributed by atoms with Crippen molar-refractivity contribution in [3.05, 3.63) is 65.3 Å². The highest BCUT2D eigenvalue weighted by Crippen LogP contribution is 2.28. The molecule has 0 aliphatic rings.